The van der Waals surface area contributed by atoms with Gasteiger partial charge in [0, 0.05) is 0 Å². The summed E-state index contributed by atoms with van der Waals surface area (Å²) in [5, 5.41) is 33.8. The third-order valence-electron chi connectivity index (χ3n) is 1.29. The summed E-state index contributed by atoms with van der Waals surface area (Å²) in [6.45, 7) is 2.00. The molecule has 0 aromatic carbocycles. The molecule has 0 aromatic rings. The molecule has 0 spiro atoms. The average molecular weight is 222 g/mol. The van der Waals surface area contributed by atoms with Gasteiger partial charge in [-0.25, -0.2) is 4.79 Å². The number of rotatable bonds is 5. The molecule has 86 valence electrons. The van der Waals surface area contributed by atoms with Crippen LogP contribution in [0.4, 0.5) is 0 Å². The third kappa shape index (κ3) is 6.16. The Hall–Kier alpha value is -1.96. The van der Waals surface area contributed by atoms with Crippen LogP contribution < -0.4 is 0 Å². The van der Waals surface area contributed by atoms with E-state index in [2.05, 4.69) is 0 Å². The Kier molecular flexibility index (Phi) is 6.71. The molecule has 0 aliphatic heterocycles. The summed E-state index contributed by atoms with van der Waals surface area (Å²) in [7, 11) is 0. The molecule has 0 fully saturated rings. The molecule has 0 saturated heterocycles. The zero-order valence-electron chi connectivity index (χ0n) is 7.54. The summed E-state index contributed by atoms with van der Waals surface area (Å²) in [6, 6.07) is 0. The van der Waals surface area contributed by atoms with Crippen LogP contribution in [-0.2, 0) is 19.2 Å². The molecule has 0 unspecified atom stereocenters. The second-order valence-electron chi connectivity index (χ2n) is 2.48. The van der Waals surface area contributed by atoms with Gasteiger partial charge in [0.25, 0.3) is 0 Å². The van der Waals surface area contributed by atoms with E-state index in [0.29, 0.717) is 0 Å². The maximum Gasteiger partial charge on any atom is 0.336 e. The Morgan fingerprint density at radius 1 is 0.933 bits per heavy atom. The summed E-state index contributed by atoms with van der Waals surface area (Å²) in [4.78, 5) is 38.5. The van der Waals surface area contributed by atoms with E-state index in [1.54, 1.807) is 0 Å². The highest BCUT2D eigenvalue weighted by Crippen LogP contribution is 2.15. The van der Waals surface area contributed by atoms with E-state index in [9.17, 15) is 14.4 Å². The van der Waals surface area contributed by atoms with E-state index in [0.717, 1.165) is 0 Å². The normalized spacial score (nSPS) is 9.67. The Bertz CT molecular complexity index is 242. The average Bonchev–Trinajstić information content (AvgIpc) is 2.04. The van der Waals surface area contributed by atoms with Crippen molar-refractivity contribution < 1.29 is 39.6 Å². The predicted octanol–water partition coefficient (Wildman–Crippen LogP) is -1.43. The highest BCUT2D eigenvalue weighted by atomic mass is 16.4. The molecule has 0 aliphatic carbocycles. The van der Waals surface area contributed by atoms with Crippen LogP contribution in [0.25, 0.3) is 0 Å². The highest BCUT2D eigenvalue weighted by molar-refractivity contribution is 5.88. The van der Waals surface area contributed by atoms with E-state index < -0.39 is 36.4 Å². The lowest BCUT2D eigenvalue weighted by Gasteiger charge is -2.18. The SMILES string of the molecule is C=O.O=C(O)CC(O)(CC(=O)O)C(=O)O. The largest absolute Gasteiger partial charge is 0.481 e. The number of carboxylic acids is 3. The maximum atomic E-state index is 10.3. The number of aliphatic carboxylic acids is 3. The van der Waals surface area contributed by atoms with Gasteiger partial charge in [0.2, 0.25) is 0 Å². The number of aliphatic hydroxyl groups is 1. The van der Waals surface area contributed by atoms with Gasteiger partial charge in [-0.05, 0) is 0 Å². The first kappa shape index (κ1) is 15.5. The molecule has 4 N–H and O–H groups in total. The molecule has 0 heterocycles. The first-order valence-corrected chi connectivity index (χ1v) is 3.46. The van der Waals surface area contributed by atoms with Crippen molar-refractivity contribution in [2.75, 3.05) is 0 Å². The van der Waals surface area contributed by atoms with Crippen LogP contribution in [0.1, 0.15) is 12.8 Å². The summed E-state index contributed by atoms with van der Waals surface area (Å²) >= 11 is 0. The second kappa shape index (κ2) is 6.49. The van der Waals surface area contributed by atoms with Gasteiger partial charge >= 0.3 is 17.9 Å². The smallest absolute Gasteiger partial charge is 0.336 e. The summed E-state index contributed by atoms with van der Waals surface area (Å²) in [5.41, 5.74) is -2.74. The quantitative estimate of drug-likeness (QED) is 0.442. The minimum Gasteiger partial charge on any atom is -0.481 e. The zero-order chi connectivity index (χ0) is 12.6. The van der Waals surface area contributed by atoms with E-state index >= 15 is 0 Å². The Morgan fingerprint density at radius 2 is 1.20 bits per heavy atom. The predicted molar refractivity (Wildman–Crippen MR) is 44.2 cm³/mol. The Balaban J connectivity index is 0. The van der Waals surface area contributed by atoms with Crippen molar-refractivity contribution in [1.29, 1.82) is 0 Å². The molecule has 15 heavy (non-hydrogen) atoms. The molecular formula is C7H10O8. The number of hydrogen-bond donors (Lipinski definition) is 4. The van der Waals surface area contributed by atoms with Crippen LogP contribution in [0.15, 0.2) is 0 Å². The zero-order valence-corrected chi connectivity index (χ0v) is 7.54. The summed E-state index contributed by atoms with van der Waals surface area (Å²) < 4.78 is 0. The molecule has 0 bridgehead atoms. The summed E-state index contributed by atoms with van der Waals surface area (Å²) in [6.07, 6.45) is -2.29. The van der Waals surface area contributed by atoms with Gasteiger partial charge in [-0.3, -0.25) is 9.59 Å². The molecule has 8 nitrogen and oxygen atoms in total. The molecular weight excluding hydrogens is 212 g/mol. The first-order chi connectivity index (χ1) is 6.78. The number of hydrogen-bond acceptors (Lipinski definition) is 5. The Labute approximate surface area is 83.8 Å². The van der Waals surface area contributed by atoms with Gasteiger partial charge in [0.1, 0.15) is 6.79 Å². The topological polar surface area (TPSA) is 149 Å². The van der Waals surface area contributed by atoms with E-state index in [1.807, 2.05) is 6.79 Å². The lowest BCUT2D eigenvalue weighted by atomic mass is 9.96. The van der Waals surface area contributed by atoms with Crippen LogP contribution in [0.5, 0.6) is 0 Å². The fraction of sp³-hybridized carbons (Fsp3) is 0.429. The number of carbonyl (C=O) groups is 4. The van der Waals surface area contributed by atoms with Crippen molar-refractivity contribution in [3.8, 4) is 0 Å². The highest BCUT2D eigenvalue weighted by Gasteiger charge is 2.40. The molecule has 0 aromatic heterocycles. The van der Waals surface area contributed by atoms with Crippen molar-refractivity contribution >= 4 is 24.7 Å². The van der Waals surface area contributed by atoms with Crippen molar-refractivity contribution in [2.24, 2.45) is 0 Å². The van der Waals surface area contributed by atoms with Crippen molar-refractivity contribution in [2.45, 2.75) is 18.4 Å². The van der Waals surface area contributed by atoms with Crippen molar-refractivity contribution in [1.82, 2.24) is 0 Å². The van der Waals surface area contributed by atoms with E-state index in [-0.39, 0.29) is 0 Å². The van der Waals surface area contributed by atoms with Crippen LogP contribution in [0.3, 0.4) is 0 Å². The fourth-order valence-corrected chi connectivity index (χ4v) is 0.714. The van der Waals surface area contributed by atoms with Gasteiger partial charge < -0.3 is 25.2 Å². The molecule has 0 aliphatic rings. The fourth-order valence-electron chi connectivity index (χ4n) is 0.714. The molecule has 8 heteroatoms. The molecule has 0 radical (unpaired) electrons. The van der Waals surface area contributed by atoms with Crippen LogP contribution in [-0.4, -0.2) is 50.7 Å². The number of carbonyl (C=O) groups excluding carboxylic acids is 1. The second-order valence-corrected chi connectivity index (χ2v) is 2.48. The summed E-state index contributed by atoms with van der Waals surface area (Å²) in [5.74, 6) is -5.02. The van der Waals surface area contributed by atoms with E-state index in [4.69, 9.17) is 25.2 Å². The van der Waals surface area contributed by atoms with Crippen LogP contribution >= 0.6 is 0 Å². The minimum atomic E-state index is -2.74. The molecule has 0 rings (SSSR count). The van der Waals surface area contributed by atoms with Crippen LogP contribution in [0.2, 0.25) is 0 Å². The number of carboxylic acid groups (broad SMARTS) is 3. The monoisotopic (exact) mass is 222 g/mol. The van der Waals surface area contributed by atoms with Gasteiger partial charge in [-0.2, -0.15) is 0 Å². The standard InChI is InChI=1S/C6H8O7.CH2O/c7-3(8)1-6(13,5(11)12)2-4(9)10;1-2/h13H,1-2H2,(H,7,8)(H,9,10)(H,11,12);1H2. The Morgan fingerprint density at radius 3 is 1.33 bits per heavy atom. The molecule has 0 amide bonds. The lowest BCUT2D eigenvalue weighted by Crippen LogP contribution is -2.42. The van der Waals surface area contributed by atoms with Crippen molar-refractivity contribution in [3.05, 3.63) is 0 Å². The maximum absolute atomic E-state index is 10.3. The molecule has 0 saturated carbocycles. The van der Waals surface area contributed by atoms with Crippen molar-refractivity contribution in [3.63, 3.8) is 0 Å². The van der Waals surface area contributed by atoms with Gasteiger partial charge in [0.15, 0.2) is 5.60 Å². The minimum absolute atomic E-state index is 1.14. The lowest BCUT2D eigenvalue weighted by molar-refractivity contribution is -0.170. The third-order valence-corrected chi connectivity index (χ3v) is 1.29. The van der Waals surface area contributed by atoms with Gasteiger partial charge in [0.05, 0.1) is 12.8 Å². The molecule has 0 atom stereocenters. The first-order valence-electron chi connectivity index (χ1n) is 3.46. The van der Waals surface area contributed by atoms with Gasteiger partial charge in [-0.1, -0.05) is 0 Å². The van der Waals surface area contributed by atoms with Crippen LogP contribution in [0, 0.1) is 0 Å². The van der Waals surface area contributed by atoms with E-state index in [1.165, 1.54) is 0 Å². The van der Waals surface area contributed by atoms with Gasteiger partial charge in [-0.15, -0.1) is 0 Å².